The van der Waals surface area contributed by atoms with E-state index in [9.17, 15) is 0 Å². The molecule has 6 aromatic rings. The molecule has 0 bridgehead atoms. The van der Waals surface area contributed by atoms with E-state index in [1.165, 1.54) is 88.3 Å². The minimum absolute atomic E-state index is 0. The van der Waals surface area contributed by atoms with Crippen LogP contribution in [0.5, 0.6) is 0 Å². The summed E-state index contributed by atoms with van der Waals surface area (Å²) in [5, 5.41) is 4.75. The summed E-state index contributed by atoms with van der Waals surface area (Å²) < 4.78 is 0. The first-order chi connectivity index (χ1) is 23.4. The number of hydrogen-bond donors (Lipinski definition) is 0. The molecule has 248 valence electrons. The molecule has 0 saturated carbocycles. The molecule has 8 rings (SSSR count). The minimum Gasteiger partial charge on any atom is -0.0837 e. The molecule has 0 saturated heterocycles. The van der Waals surface area contributed by atoms with E-state index in [2.05, 4.69) is 151 Å². The summed E-state index contributed by atoms with van der Waals surface area (Å²) in [4.78, 5) is 0. The Labute approximate surface area is 328 Å². The fourth-order valence-electron chi connectivity index (χ4n) is 8.72. The quantitative estimate of drug-likeness (QED) is 0.155. The first kappa shape index (κ1) is 35.4. The van der Waals surface area contributed by atoms with Gasteiger partial charge in [0, 0.05) is 48.7 Å². The van der Waals surface area contributed by atoms with Crippen molar-refractivity contribution in [1.29, 1.82) is 0 Å². The van der Waals surface area contributed by atoms with Crippen molar-refractivity contribution in [2.75, 3.05) is 0 Å². The van der Waals surface area contributed by atoms with Crippen LogP contribution in [0.15, 0.2) is 109 Å². The normalized spacial score (nSPS) is 13.0. The molecule has 50 heavy (non-hydrogen) atoms. The van der Waals surface area contributed by atoms with Gasteiger partial charge in [0.15, 0.2) is 0 Å². The molecule has 0 radical (unpaired) electrons. The molecule has 0 aliphatic heterocycles. The van der Waals surface area contributed by atoms with Crippen LogP contribution in [0, 0.1) is 0 Å². The molecule has 0 nitrogen and oxygen atoms in total. The van der Waals surface area contributed by atoms with Crippen LogP contribution >= 0.6 is 23.2 Å². The molecule has 6 aromatic carbocycles. The van der Waals surface area contributed by atoms with Gasteiger partial charge in [0.05, 0.1) is 9.52 Å². The average molecular weight is 872 g/mol. The van der Waals surface area contributed by atoms with Crippen LogP contribution in [0.2, 0.25) is 10.0 Å². The summed E-state index contributed by atoms with van der Waals surface area (Å²) in [6.45, 7) is 14.0. The second kappa shape index (κ2) is 13.2. The van der Waals surface area contributed by atoms with Crippen LogP contribution in [0.4, 0.5) is 0 Å². The van der Waals surface area contributed by atoms with E-state index in [4.69, 9.17) is 23.2 Å². The summed E-state index contributed by atoms with van der Waals surface area (Å²) >= 11 is 15.5. The molecule has 0 heterocycles. The van der Waals surface area contributed by atoms with Crippen molar-refractivity contribution in [3.05, 3.63) is 153 Å². The second-order valence-electron chi connectivity index (χ2n) is 15.9. The summed E-state index contributed by atoms with van der Waals surface area (Å²) in [5.41, 5.74) is 18.0. The smallest absolute Gasteiger partial charge is 0.0837 e. The van der Waals surface area contributed by atoms with Crippen LogP contribution in [-0.4, -0.2) is 9.52 Å². The second-order valence-corrected chi connectivity index (χ2v) is 18.4. The number of hydrogen-bond acceptors (Lipinski definition) is 0. The van der Waals surface area contributed by atoms with Gasteiger partial charge in [-0.1, -0.05) is 174 Å². The molecule has 0 unspecified atom stereocenters. The monoisotopic (exact) mass is 872 g/mol. The van der Waals surface area contributed by atoms with Gasteiger partial charge >= 0.3 is 0 Å². The summed E-state index contributed by atoms with van der Waals surface area (Å²) in [6.07, 6.45) is 1.72. The van der Waals surface area contributed by atoms with Gasteiger partial charge in [-0.15, -0.1) is 0 Å². The fourth-order valence-corrected chi connectivity index (χ4v) is 13.3. The summed E-state index contributed by atoms with van der Waals surface area (Å²) in [5.74, 6) is 0. The number of benzene rings is 6. The molecular weight excluding hydrogens is 830 g/mol. The van der Waals surface area contributed by atoms with Gasteiger partial charge in [-0.25, -0.2) is 0 Å². The predicted octanol–water partition coefficient (Wildman–Crippen LogP) is 11.2. The van der Waals surface area contributed by atoms with Crippen molar-refractivity contribution < 1.29 is 25.8 Å². The van der Waals surface area contributed by atoms with E-state index < -0.39 is 9.52 Å². The Bertz CT molecular complexity index is 2110. The van der Waals surface area contributed by atoms with Gasteiger partial charge in [-0.05, 0) is 99.1 Å². The zero-order valence-corrected chi connectivity index (χ0v) is 36.3. The van der Waals surface area contributed by atoms with Gasteiger partial charge in [-0.3, -0.25) is 0 Å². The standard InChI is InChI=1S/C46H42Cl2Si.Hf/c1-45(2,3)39-41(47)33-25-29-21-13-15-23-31(29)37(33)35(27-17-9-7-10-18-27)43(39)49-44-36(28-19-11-8-12-20-28)38-32-24-16-14-22-30(32)26-34(38)42(48)40(44)46(4,5)6;/h7-24H,25-26,49H2,1-6H3;. The van der Waals surface area contributed by atoms with Crippen molar-refractivity contribution in [3.63, 3.8) is 0 Å². The van der Waals surface area contributed by atoms with Gasteiger partial charge in [0.25, 0.3) is 0 Å². The van der Waals surface area contributed by atoms with Crippen LogP contribution in [-0.2, 0) is 49.5 Å². The van der Waals surface area contributed by atoms with Crippen LogP contribution in [0.1, 0.15) is 74.9 Å². The molecule has 0 spiro atoms. The van der Waals surface area contributed by atoms with Crippen molar-refractivity contribution in [2.45, 2.75) is 65.2 Å². The minimum atomic E-state index is -1.25. The third-order valence-electron chi connectivity index (χ3n) is 10.6. The van der Waals surface area contributed by atoms with Gasteiger partial charge in [0.2, 0.25) is 0 Å². The topological polar surface area (TPSA) is 0 Å². The van der Waals surface area contributed by atoms with Gasteiger partial charge in [-0.2, -0.15) is 0 Å². The Balaban J connectivity index is 0.00000392. The first-order valence-electron chi connectivity index (χ1n) is 17.5. The van der Waals surface area contributed by atoms with Crippen LogP contribution < -0.4 is 10.4 Å². The van der Waals surface area contributed by atoms with E-state index >= 15 is 0 Å². The Hall–Kier alpha value is -3.01. The van der Waals surface area contributed by atoms with E-state index in [-0.39, 0.29) is 36.7 Å². The maximum atomic E-state index is 7.73. The molecule has 0 aromatic heterocycles. The Morgan fingerprint density at radius 2 is 0.800 bits per heavy atom. The molecule has 4 heteroatoms. The SMILES string of the molecule is CC(C)(C)c1c(Cl)c2c(c(-c3ccccc3)c1[SiH2]c1c(-c3ccccc3)c3c(c(Cl)c1C(C)(C)C)Cc1ccccc1-3)-c1ccccc1C2.[Hf]. The van der Waals surface area contributed by atoms with E-state index in [1.807, 2.05) is 0 Å². The van der Waals surface area contributed by atoms with Crippen molar-refractivity contribution >= 4 is 43.1 Å². The maximum Gasteiger partial charge on any atom is 0.0901 e. The van der Waals surface area contributed by atoms with Crippen molar-refractivity contribution in [3.8, 4) is 44.5 Å². The molecule has 2 aliphatic carbocycles. The van der Waals surface area contributed by atoms with Gasteiger partial charge in [0.1, 0.15) is 0 Å². The van der Waals surface area contributed by atoms with E-state index in [1.54, 1.807) is 0 Å². The first-order valence-corrected chi connectivity index (χ1v) is 19.6. The predicted molar refractivity (Wildman–Crippen MR) is 215 cm³/mol. The zero-order valence-electron chi connectivity index (χ0n) is 29.8. The molecule has 0 atom stereocenters. The van der Waals surface area contributed by atoms with Crippen molar-refractivity contribution in [2.24, 2.45) is 0 Å². The van der Waals surface area contributed by atoms with Crippen LogP contribution in [0.3, 0.4) is 0 Å². The van der Waals surface area contributed by atoms with Crippen LogP contribution in [0.25, 0.3) is 44.5 Å². The fraction of sp³-hybridized carbons (Fsp3) is 0.217. The Kier molecular flexibility index (Phi) is 9.34. The molecular formula is C46H42Cl2HfSi. The van der Waals surface area contributed by atoms with E-state index in [0.717, 1.165) is 22.9 Å². The number of halogens is 2. The molecule has 0 fully saturated rings. The molecule has 0 amide bonds. The van der Waals surface area contributed by atoms with E-state index in [0.29, 0.717) is 0 Å². The summed E-state index contributed by atoms with van der Waals surface area (Å²) in [6, 6.07) is 40.0. The van der Waals surface area contributed by atoms with Gasteiger partial charge < -0.3 is 0 Å². The van der Waals surface area contributed by atoms with Crippen molar-refractivity contribution in [1.82, 2.24) is 0 Å². The number of fused-ring (bicyclic) bond motifs is 6. The third-order valence-corrected chi connectivity index (χ3v) is 13.5. The Morgan fingerprint density at radius 1 is 0.460 bits per heavy atom. The summed E-state index contributed by atoms with van der Waals surface area (Å²) in [7, 11) is -1.25. The third kappa shape index (κ3) is 5.75. The number of rotatable bonds is 4. The Morgan fingerprint density at radius 3 is 1.16 bits per heavy atom. The molecule has 0 N–H and O–H groups in total. The largest absolute Gasteiger partial charge is 0.0901 e. The zero-order chi connectivity index (χ0) is 34.2. The average Bonchev–Trinajstić information content (AvgIpc) is 3.65. The maximum absolute atomic E-state index is 7.73. The molecule has 2 aliphatic rings.